The maximum Gasteiger partial charge on any atom is 0.293 e. The molecule has 152 valence electrons. The van der Waals surface area contributed by atoms with Crippen LogP contribution in [-0.4, -0.2) is 23.1 Å². The van der Waals surface area contributed by atoms with Gasteiger partial charge in [0.1, 0.15) is 12.4 Å². The molecule has 2 aromatic rings. The average molecular weight is 418 g/mol. The van der Waals surface area contributed by atoms with Crippen LogP contribution < -0.4 is 4.74 Å². The van der Waals surface area contributed by atoms with Gasteiger partial charge in [0.15, 0.2) is 0 Å². The van der Waals surface area contributed by atoms with Crippen LogP contribution in [0.5, 0.6) is 5.75 Å². The zero-order valence-corrected chi connectivity index (χ0v) is 18.0. The van der Waals surface area contributed by atoms with Crippen LogP contribution >= 0.6 is 11.8 Å². The van der Waals surface area contributed by atoms with Crippen molar-refractivity contribution < 1.29 is 14.3 Å². The van der Waals surface area contributed by atoms with Crippen molar-refractivity contribution in [3.63, 3.8) is 0 Å². The summed E-state index contributed by atoms with van der Waals surface area (Å²) in [5, 5.41) is -0.231. The lowest BCUT2D eigenvalue weighted by molar-refractivity contribution is -0.121. The molecule has 0 radical (unpaired) electrons. The van der Waals surface area contributed by atoms with Crippen molar-refractivity contribution >= 4 is 22.9 Å². The Hall–Kier alpha value is -3.05. The van der Waals surface area contributed by atoms with Gasteiger partial charge < -0.3 is 4.74 Å². The number of rotatable bonds is 5. The van der Waals surface area contributed by atoms with E-state index in [-0.39, 0.29) is 17.1 Å². The van der Waals surface area contributed by atoms with Crippen molar-refractivity contribution in [1.82, 2.24) is 4.90 Å². The second kappa shape index (κ2) is 8.36. The molecular weight excluding hydrogens is 394 g/mol. The number of imide groups is 1. The first-order chi connectivity index (χ1) is 14.4. The smallest absolute Gasteiger partial charge is 0.293 e. The predicted octanol–water partition coefficient (Wildman–Crippen LogP) is 5.83. The predicted molar refractivity (Wildman–Crippen MR) is 120 cm³/mol. The fourth-order valence-corrected chi connectivity index (χ4v) is 4.62. The van der Waals surface area contributed by atoms with Crippen LogP contribution in [0.2, 0.25) is 0 Å². The minimum absolute atomic E-state index is 0.162. The van der Waals surface area contributed by atoms with Crippen LogP contribution in [0.4, 0.5) is 4.79 Å². The number of hydrogen-bond acceptors (Lipinski definition) is 4. The summed E-state index contributed by atoms with van der Waals surface area (Å²) in [7, 11) is 1.51. The minimum Gasteiger partial charge on any atom is -0.489 e. The molecule has 1 heterocycles. The second-order valence-electron chi connectivity index (χ2n) is 7.54. The van der Waals surface area contributed by atoms with E-state index in [1.807, 2.05) is 48.5 Å². The summed E-state index contributed by atoms with van der Waals surface area (Å²) in [6, 6.07) is 18.3. The standard InChI is InChI=1S/C25H23NO3S/c1-16-13-20(14-22-24(27)26(3)25(28)30-22)17(2)23(16)19-9-11-21(12-10-19)29-15-18-7-5-4-6-8-18/h4-14,23H,15H2,1-3H3/b22-14-/t23-/m1/s1. The first kappa shape index (κ1) is 20.2. The van der Waals surface area contributed by atoms with E-state index in [4.69, 9.17) is 4.74 Å². The van der Waals surface area contributed by atoms with Gasteiger partial charge in [0.2, 0.25) is 0 Å². The molecule has 2 amide bonds. The van der Waals surface area contributed by atoms with Gasteiger partial charge in [0, 0.05) is 13.0 Å². The van der Waals surface area contributed by atoms with Crippen LogP contribution in [0.3, 0.4) is 0 Å². The third kappa shape index (κ3) is 3.98. The topological polar surface area (TPSA) is 46.6 Å². The molecule has 0 aromatic heterocycles. The number of thioether (sulfide) groups is 1. The Morgan fingerprint density at radius 3 is 2.37 bits per heavy atom. The Morgan fingerprint density at radius 1 is 1.03 bits per heavy atom. The van der Waals surface area contributed by atoms with Crippen LogP contribution in [0.1, 0.15) is 30.9 Å². The molecule has 30 heavy (non-hydrogen) atoms. The molecule has 1 fully saturated rings. The molecule has 0 N–H and O–H groups in total. The summed E-state index contributed by atoms with van der Waals surface area (Å²) in [6.07, 6.45) is 3.94. The highest BCUT2D eigenvalue weighted by Gasteiger charge is 2.33. The molecule has 2 aliphatic rings. The van der Waals surface area contributed by atoms with E-state index in [1.165, 1.54) is 23.8 Å². The van der Waals surface area contributed by atoms with Gasteiger partial charge in [-0.15, -0.1) is 0 Å². The van der Waals surface area contributed by atoms with Crippen LogP contribution in [0.25, 0.3) is 0 Å². The van der Waals surface area contributed by atoms with Gasteiger partial charge in [-0.05, 0) is 60.5 Å². The van der Waals surface area contributed by atoms with E-state index < -0.39 is 0 Å². The number of carbonyl (C=O) groups excluding carboxylic acids is 2. The van der Waals surface area contributed by atoms with Gasteiger partial charge in [0.05, 0.1) is 4.91 Å². The van der Waals surface area contributed by atoms with Crippen molar-refractivity contribution in [2.75, 3.05) is 7.05 Å². The number of likely N-dealkylation sites (N-methyl/N-ethyl adjacent to an activating group) is 1. The number of carbonyl (C=O) groups is 2. The van der Waals surface area contributed by atoms with Crippen LogP contribution in [0.15, 0.2) is 88.4 Å². The molecule has 2 aromatic carbocycles. The molecular formula is C25H23NO3S. The third-order valence-corrected chi connectivity index (χ3v) is 6.42. The van der Waals surface area contributed by atoms with Crippen LogP contribution in [0, 0.1) is 0 Å². The van der Waals surface area contributed by atoms with Gasteiger partial charge >= 0.3 is 0 Å². The molecule has 1 saturated heterocycles. The first-order valence-electron chi connectivity index (χ1n) is 9.81. The summed E-state index contributed by atoms with van der Waals surface area (Å²) in [4.78, 5) is 25.6. The lowest BCUT2D eigenvalue weighted by Gasteiger charge is -2.16. The number of hydrogen-bond donors (Lipinski definition) is 0. The maximum atomic E-state index is 12.2. The Balaban J connectivity index is 1.50. The lowest BCUT2D eigenvalue weighted by atomic mass is 9.89. The van der Waals surface area contributed by atoms with E-state index >= 15 is 0 Å². The molecule has 4 nitrogen and oxygen atoms in total. The molecule has 5 heteroatoms. The average Bonchev–Trinajstić information content (AvgIpc) is 3.17. The SMILES string of the molecule is CC1=CC(/C=C2\SC(=O)N(C)C2=O)=C(C)[C@@H]1c1ccc(OCc2ccccc2)cc1. The second-order valence-corrected chi connectivity index (χ2v) is 8.54. The fourth-order valence-electron chi connectivity index (χ4n) is 3.80. The molecule has 0 spiro atoms. The molecule has 0 unspecified atom stereocenters. The summed E-state index contributed by atoms with van der Waals surface area (Å²) in [5.74, 6) is 0.760. The van der Waals surface area contributed by atoms with Crippen molar-refractivity contribution in [2.24, 2.45) is 0 Å². The molecule has 0 bridgehead atoms. The zero-order chi connectivity index (χ0) is 21.3. The maximum absolute atomic E-state index is 12.2. The number of allylic oxidation sites excluding steroid dienone is 5. The molecule has 1 aliphatic heterocycles. The highest BCUT2D eigenvalue weighted by molar-refractivity contribution is 8.18. The van der Waals surface area contributed by atoms with Gasteiger partial charge in [-0.1, -0.05) is 59.7 Å². The Labute approximate surface area is 180 Å². The third-order valence-electron chi connectivity index (χ3n) is 5.46. The molecule has 4 rings (SSSR count). The summed E-state index contributed by atoms with van der Waals surface area (Å²) >= 11 is 0.993. The number of amides is 2. The van der Waals surface area contributed by atoms with Crippen molar-refractivity contribution in [3.05, 3.63) is 99.5 Å². The summed E-state index contributed by atoms with van der Waals surface area (Å²) in [5.41, 5.74) is 5.71. The van der Waals surface area contributed by atoms with E-state index in [1.54, 1.807) is 0 Å². The highest BCUT2D eigenvalue weighted by atomic mass is 32.2. The number of ether oxygens (including phenoxy) is 1. The Morgan fingerprint density at radius 2 is 1.73 bits per heavy atom. The van der Waals surface area contributed by atoms with Gasteiger partial charge in [-0.25, -0.2) is 0 Å². The van der Waals surface area contributed by atoms with Crippen LogP contribution in [-0.2, 0) is 11.4 Å². The first-order valence-corrected chi connectivity index (χ1v) is 10.6. The quantitative estimate of drug-likeness (QED) is 0.574. The number of nitrogens with zero attached hydrogens (tertiary/aromatic N) is 1. The van der Waals surface area contributed by atoms with Gasteiger partial charge in [0.25, 0.3) is 11.1 Å². The minimum atomic E-state index is -0.236. The van der Waals surface area contributed by atoms with Gasteiger partial charge in [-0.3, -0.25) is 14.5 Å². The molecule has 1 aliphatic carbocycles. The normalized spacial score (nSPS) is 20.4. The van der Waals surface area contributed by atoms with Crippen molar-refractivity contribution in [1.29, 1.82) is 0 Å². The summed E-state index contributed by atoms with van der Waals surface area (Å²) in [6.45, 7) is 4.72. The van der Waals surface area contributed by atoms with Crippen molar-refractivity contribution in [3.8, 4) is 5.75 Å². The fraction of sp³-hybridized carbons (Fsp3) is 0.200. The van der Waals surface area contributed by atoms with Gasteiger partial charge in [-0.2, -0.15) is 0 Å². The monoisotopic (exact) mass is 417 g/mol. The molecule has 1 atom stereocenters. The summed E-state index contributed by atoms with van der Waals surface area (Å²) < 4.78 is 5.89. The van der Waals surface area contributed by atoms with Crippen molar-refractivity contribution in [2.45, 2.75) is 26.4 Å². The zero-order valence-electron chi connectivity index (χ0n) is 17.2. The van der Waals surface area contributed by atoms with E-state index in [2.05, 4.69) is 32.1 Å². The Bertz CT molecular complexity index is 1080. The number of benzene rings is 2. The van der Waals surface area contributed by atoms with E-state index in [0.717, 1.165) is 33.5 Å². The molecule has 0 saturated carbocycles. The largest absolute Gasteiger partial charge is 0.489 e. The van der Waals surface area contributed by atoms with E-state index in [9.17, 15) is 9.59 Å². The lowest BCUT2D eigenvalue weighted by Crippen LogP contribution is -2.22. The van der Waals surface area contributed by atoms with E-state index in [0.29, 0.717) is 11.5 Å². The highest BCUT2D eigenvalue weighted by Crippen LogP contribution is 2.41. The Kier molecular flexibility index (Phi) is 5.64.